The standard InChI is InChI=1S/C16H10Br2N2O3S/c17-9-5-8(13(21)11(18)6-9)7-19-20-16(23)15-14(22)10-3-1-2-4-12(10)24-15/h1-7,21-22H,(H,20,23)/b19-7-. The Morgan fingerprint density at radius 1 is 1.17 bits per heavy atom. The molecule has 0 radical (unpaired) electrons. The predicted octanol–water partition coefficient (Wildman–Crippen LogP) is 4.60. The number of halogens is 2. The van der Waals surface area contributed by atoms with Crippen LogP contribution in [0.1, 0.15) is 15.2 Å². The van der Waals surface area contributed by atoms with Gasteiger partial charge in [0.2, 0.25) is 0 Å². The van der Waals surface area contributed by atoms with Crippen molar-refractivity contribution in [1.82, 2.24) is 5.43 Å². The fourth-order valence-electron chi connectivity index (χ4n) is 2.08. The molecule has 122 valence electrons. The van der Waals surface area contributed by atoms with E-state index in [9.17, 15) is 15.0 Å². The lowest BCUT2D eigenvalue weighted by Crippen LogP contribution is -2.16. The van der Waals surface area contributed by atoms with Crippen LogP contribution in [-0.4, -0.2) is 22.3 Å². The predicted molar refractivity (Wildman–Crippen MR) is 102 cm³/mol. The fourth-order valence-corrected chi connectivity index (χ4v) is 4.33. The van der Waals surface area contributed by atoms with Crippen molar-refractivity contribution >= 4 is 65.4 Å². The molecule has 0 aliphatic carbocycles. The zero-order chi connectivity index (χ0) is 17.3. The highest BCUT2D eigenvalue weighted by molar-refractivity contribution is 9.11. The van der Waals surface area contributed by atoms with Crippen LogP contribution in [0.5, 0.6) is 11.5 Å². The number of hydrazone groups is 1. The van der Waals surface area contributed by atoms with E-state index in [0.29, 0.717) is 15.4 Å². The molecule has 24 heavy (non-hydrogen) atoms. The Labute approximate surface area is 157 Å². The number of amides is 1. The van der Waals surface area contributed by atoms with E-state index in [1.165, 1.54) is 17.6 Å². The number of benzene rings is 2. The van der Waals surface area contributed by atoms with E-state index >= 15 is 0 Å². The molecule has 0 atom stereocenters. The third-order valence-corrected chi connectivity index (χ3v) is 5.42. The van der Waals surface area contributed by atoms with Crippen LogP contribution < -0.4 is 5.43 Å². The van der Waals surface area contributed by atoms with Crippen LogP contribution in [0.25, 0.3) is 10.1 Å². The number of phenols is 1. The number of aromatic hydroxyl groups is 2. The molecule has 0 bridgehead atoms. The van der Waals surface area contributed by atoms with E-state index in [0.717, 1.165) is 9.17 Å². The third-order valence-electron chi connectivity index (χ3n) is 3.20. The number of carbonyl (C=O) groups is 1. The topological polar surface area (TPSA) is 81.9 Å². The molecule has 0 aliphatic heterocycles. The first-order chi connectivity index (χ1) is 11.5. The number of thiophene rings is 1. The number of fused-ring (bicyclic) bond motifs is 1. The van der Waals surface area contributed by atoms with Crippen molar-refractivity contribution in [3.63, 3.8) is 0 Å². The Morgan fingerprint density at radius 2 is 1.92 bits per heavy atom. The van der Waals surface area contributed by atoms with Crippen molar-refractivity contribution in [3.8, 4) is 11.5 Å². The quantitative estimate of drug-likeness (QED) is 0.387. The first kappa shape index (κ1) is 16.9. The summed E-state index contributed by atoms with van der Waals surface area (Å²) < 4.78 is 2.08. The van der Waals surface area contributed by atoms with E-state index in [1.54, 1.807) is 24.3 Å². The van der Waals surface area contributed by atoms with Crippen molar-refractivity contribution in [2.45, 2.75) is 0 Å². The molecule has 3 N–H and O–H groups in total. The van der Waals surface area contributed by atoms with E-state index in [2.05, 4.69) is 42.4 Å². The highest BCUT2D eigenvalue weighted by atomic mass is 79.9. The van der Waals surface area contributed by atoms with Gasteiger partial charge in [0.25, 0.3) is 5.91 Å². The molecule has 1 amide bonds. The van der Waals surface area contributed by atoms with Crippen LogP contribution in [-0.2, 0) is 0 Å². The highest BCUT2D eigenvalue weighted by Gasteiger charge is 2.17. The number of rotatable bonds is 3. The number of carbonyl (C=O) groups excluding carboxylic acids is 1. The lowest BCUT2D eigenvalue weighted by atomic mass is 10.2. The summed E-state index contributed by atoms with van der Waals surface area (Å²) in [5, 5.41) is 24.5. The average Bonchev–Trinajstić information content (AvgIpc) is 2.89. The van der Waals surface area contributed by atoms with Gasteiger partial charge in [-0.1, -0.05) is 28.1 Å². The molecule has 5 nitrogen and oxygen atoms in total. The number of phenolic OH excluding ortho intramolecular Hbond substituents is 1. The monoisotopic (exact) mass is 468 g/mol. The van der Waals surface area contributed by atoms with Crippen molar-refractivity contribution in [3.05, 3.63) is 55.8 Å². The summed E-state index contributed by atoms with van der Waals surface area (Å²) in [6.45, 7) is 0. The third kappa shape index (κ3) is 3.31. The minimum absolute atomic E-state index is 0.0147. The highest BCUT2D eigenvalue weighted by Crippen LogP contribution is 2.36. The van der Waals surface area contributed by atoms with Gasteiger partial charge in [-0.25, -0.2) is 5.43 Å². The van der Waals surface area contributed by atoms with Crippen molar-refractivity contribution in [1.29, 1.82) is 0 Å². The van der Waals surface area contributed by atoms with Crippen molar-refractivity contribution in [2.24, 2.45) is 5.10 Å². The minimum atomic E-state index is -0.515. The molecule has 3 aromatic rings. The Hall–Kier alpha value is -1.90. The summed E-state index contributed by atoms with van der Waals surface area (Å²) in [7, 11) is 0. The summed E-state index contributed by atoms with van der Waals surface area (Å²) in [4.78, 5) is 12.4. The maximum absolute atomic E-state index is 12.2. The Bertz CT molecular complexity index is 969. The Balaban J connectivity index is 1.81. The van der Waals surface area contributed by atoms with Gasteiger partial charge >= 0.3 is 0 Å². The molecular weight excluding hydrogens is 460 g/mol. The summed E-state index contributed by atoms with van der Waals surface area (Å²) in [5.74, 6) is -0.559. The molecule has 1 heterocycles. The molecule has 8 heteroatoms. The SMILES string of the molecule is O=C(N/N=C\c1cc(Br)cc(Br)c1O)c1sc2ccccc2c1O. The summed E-state index contributed by atoms with van der Waals surface area (Å²) >= 11 is 7.72. The van der Waals surface area contributed by atoms with Crippen LogP contribution in [0.15, 0.2) is 50.4 Å². The summed E-state index contributed by atoms with van der Waals surface area (Å²) in [6.07, 6.45) is 1.33. The van der Waals surface area contributed by atoms with Gasteiger partial charge in [0, 0.05) is 20.1 Å². The van der Waals surface area contributed by atoms with Crippen molar-refractivity contribution < 1.29 is 15.0 Å². The first-order valence-electron chi connectivity index (χ1n) is 6.69. The Morgan fingerprint density at radius 3 is 2.67 bits per heavy atom. The molecule has 2 aromatic carbocycles. The normalized spacial score (nSPS) is 11.2. The molecule has 0 saturated heterocycles. The zero-order valence-electron chi connectivity index (χ0n) is 12.0. The lowest BCUT2D eigenvalue weighted by Gasteiger charge is -2.03. The molecule has 0 saturated carbocycles. The smallest absolute Gasteiger partial charge is 0.285 e. The molecule has 0 aliphatic rings. The molecule has 0 unspecified atom stereocenters. The number of nitrogens with one attached hydrogen (secondary N) is 1. The second-order valence-corrected chi connectivity index (χ2v) is 7.62. The van der Waals surface area contributed by atoms with Crippen LogP contribution >= 0.6 is 43.2 Å². The largest absolute Gasteiger partial charge is 0.506 e. The van der Waals surface area contributed by atoms with Gasteiger partial charge in [-0.05, 0) is 40.2 Å². The number of hydrogen-bond acceptors (Lipinski definition) is 5. The molecule has 3 rings (SSSR count). The minimum Gasteiger partial charge on any atom is -0.506 e. The van der Waals surface area contributed by atoms with E-state index in [1.807, 2.05) is 12.1 Å². The second-order valence-electron chi connectivity index (χ2n) is 4.80. The van der Waals surface area contributed by atoms with Gasteiger partial charge in [-0.3, -0.25) is 4.79 Å². The van der Waals surface area contributed by atoms with Crippen LogP contribution in [0.3, 0.4) is 0 Å². The van der Waals surface area contributed by atoms with E-state index < -0.39 is 5.91 Å². The lowest BCUT2D eigenvalue weighted by molar-refractivity contribution is 0.0957. The maximum atomic E-state index is 12.2. The van der Waals surface area contributed by atoms with Gasteiger partial charge in [0.1, 0.15) is 16.4 Å². The molecule has 0 fully saturated rings. The second kappa shape index (κ2) is 6.92. The van der Waals surface area contributed by atoms with Gasteiger partial charge in [0.15, 0.2) is 0 Å². The number of hydrogen-bond donors (Lipinski definition) is 3. The van der Waals surface area contributed by atoms with E-state index in [4.69, 9.17) is 0 Å². The van der Waals surface area contributed by atoms with Gasteiger partial charge in [-0.15, -0.1) is 11.3 Å². The zero-order valence-corrected chi connectivity index (χ0v) is 15.9. The van der Waals surface area contributed by atoms with Crippen LogP contribution in [0.4, 0.5) is 0 Å². The first-order valence-corrected chi connectivity index (χ1v) is 9.09. The molecular formula is C16H10Br2N2O3S. The van der Waals surface area contributed by atoms with Crippen LogP contribution in [0.2, 0.25) is 0 Å². The summed E-state index contributed by atoms with van der Waals surface area (Å²) in [6, 6.07) is 10.6. The van der Waals surface area contributed by atoms with Gasteiger partial charge < -0.3 is 10.2 Å². The fraction of sp³-hybridized carbons (Fsp3) is 0. The van der Waals surface area contributed by atoms with Gasteiger partial charge in [0.05, 0.1) is 10.7 Å². The van der Waals surface area contributed by atoms with E-state index in [-0.39, 0.29) is 16.4 Å². The van der Waals surface area contributed by atoms with Crippen molar-refractivity contribution in [2.75, 3.05) is 0 Å². The summed E-state index contributed by atoms with van der Waals surface area (Å²) in [5.41, 5.74) is 2.78. The molecule has 1 aromatic heterocycles. The average molecular weight is 470 g/mol. The maximum Gasteiger partial charge on any atom is 0.285 e. The number of nitrogens with zero attached hydrogens (tertiary/aromatic N) is 1. The van der Waals surface area contributed by atoms with Crippen LogP contribution in [0, 0.1) is 0 Å². The van der Waals surface area contributed by atoms with Gasteiger partial charge in [-0.2, -0.15) is 5.10 Å². The molecule has 0 spiro atoms. The Kier molecular flexibility index (Phi) is 4.88.